The second-order valence-electron chi connectivity index (χ2n) is 5.33. The van der Waals surface area contributed by atoms with Gasteiger partial charge in [-0.2, -0.15) is 0 Å². The number of carbonyl (C=O) groups is 1. The summed E-state index contributed by atoms with van der Waals surface area (Å²) in [5.41, 5.74) is 2.69. The lowest BCUT2D eigenvalue weighted by atomic mass is 9.80. The normalized spacial score (nSPS) is 35.2. The number of fused-ring (bicyclic) bond motifs is 3. The molecule has 18 heavy (non-hydrogen) atoms. The maximum absolute atomic E-state index is 11.2. The Labute approximate surface area is 121 Å². The van der Waals surface area contributed by atoms with Crippen LogP contribution in [0.5, 0.6) is 0 Å². The van der Waals surface area contributed by atoms with Crippen molar-refractivity contribution < 1.29 is 9.90 Å². The minimum atomic E-state index is -0.711. The fourth-order valence-electron chi connectivity index (χ4n) is 3.27. The van der Waals surface area contributed by atoms with E-state index in [4.69, 9.17) is 0 Å². The van der Waals surface area contributed by atoms with E-state index in [0.29, 0.717) is 5.92 Å². The van der Waals surface area contributed by atoms with Gasteiger partial charge in [0.2, 0.25) is 0 Å². The number of carboxylic acids is 1. The molecule has 2 heterocycles. The molecule has 0 spiro atoms. The maximum atomic E-state index is 11.2. The fraction of sp³-hybridized carbons (Fsp3) is 0.615. The van der Waals surface area contributed by atoms with E-state index in [1.54, 1.807) is 0 Å². The number of nitrogens with zero attached hydrogens (tertiary/aromatic N) is 1. The summed E-state index contributed by atoms with van der Waals surface area (Å²) in [4.78, 5) is 11.2. The second-order valence-corrected chi connectivity index (χ2v) is 6.57. The van der Waals surface area contributed by atoms with Crippen molar-refractivity contribution in [3.63, 3.8) is 0 Å². The van der Waals surface area contributed by atoms with Crippen LogP contribution in [0.4, 0.5) is 0 Å². The SMILES string of the molecule is O=C(O)[C@@H]1CCCC2CC=C3CN(I)C=C3C2N1. The Morgan fingerprint density at radius 3 is 3.11 bits per heavy atom. The molecule has 0 bridgehead atoms. The third-order valence-electron chi connectivity index (χ3n) is 4.19. The average molecular weight is 360 g/mol. The van der Waals surface area contributed by atoms with E-state index in [9.17, 15) is 9.90 Å². The zero-order chi connectivity index (χ0) is 12.7. The van der Waals surface area contributed by atoms with Crippen molar-refractivity contribution in [2.75, 3.05) is 6.54 Å². The summed E-state index contributed by atoms with van der Waals surface area (Å²) in [6, 6.07) is -0.156. The van der Waals surface area contributed by atoms with Gasteiger partial charge in [-0.15, -0.1) is 0 Å². The number of nitrogens with one attached hydrogen (secondary N) is 1. The van der Waals surface area contributed by atoms with Crippen molar-refractivity contribution in [3.8, 4) is 0 Å². The molecule has 98 valence electrons. The van der Waals surface area contributed by atoms with Gasteiger partial charge in [0.15, 0.2) is 0 Å². The van der Waals surface area contributed by atoms with E-state index in [-0.39, 0.29) is 12.1 Å². The van der Waals surface area contributed by atoms with Gasteiger partial charge >= 0.3 is 5.97 Å². The monoisotopic (exact) mass is 360 g/mol. The Morgan fingerprint density at radius 2 is 2.33 bits per heavy atom. The third-order valence-corrected chi connectivity index (χ3v) is 4.81. The van der Waals surface area contributed by atoms with Crippen LogP contribution in [0, 0.1) is 5.92 Å². The molecule has 0 amide bonds. The molecule has 1 fully saturated rings. The molecule has 2 N–H and O–H groups in total. The lowest BCUT2D eigenvalue weighted by Gasteiger charge is -2.31. The van der Waals surface area contributed by atoms with E-state index in [0.717, 1.165) is 32.2 Å². The largest absolute Gasteiger partial charge is 0.480 e. The fourth-order valence-corrected chi connectivity index (χ4v) is 3.94. The summed E-state index contributed by atoms with van der Waals surface area (Å²) in [6.45, 7) is 0.957. The van der Waals surface area contributed by atoms with E-state index in [1.165, 1.54) is 11.1 Å². The van der Waals surface area contributed by atoms with Crippen LogP contribution in [0.1, 0.15) is 25.7 Å². The van der Waals surface area contributed by atoms with E-state index < -0.39 is 5.97 Å². The van der Waals surface area contributed by atoms with Gasteiger partial charge in [-0.1, -0.05) is 12.5 Å². The first-order valence-corrected chi connectivity index (χ1v) is 7.44. The Kier molecular flexibility index (Phi) is 3.36. The van der Waals surface area contributed by atoms with Crippen LogP contribution >= 0.6 is 22.9 Å². The van der Waals surface area contributed by atoms with Crippen LogP contribution < -0.4 is 5.32 Å². The maximum Gasteiger partial charge on any atom is 0.320 e. The van der Waals surface area contributed by atoms with Gasteiger partial charge in [-0.3, -0.25) is 10.1 Å². The molecule has 4 nitrogen and oxygen atoms in total. The third kappa shape index (κ3) is 2.18. The summed E-state index contributed by atoms with van der Waals surface area (Å²) < 4.78 is 2.16. The molecule has 0 radical (unpaired) electrons. The number of allylic oxidation sites excluding steroid dienone is 1. The number of halogens is 1. The molecular weight excluding hydrogens is 343 g/mol. The van der Waals surface area contributed by atoms with Crippen LogP contribution in [-0.4, -0.2) is 32.8 Å². The van der Waals surface area contributed by atoms with Crippen LogP contribution in [0.25, 0.3) is 0 Å². The van der Waals surface area contributed by atoms with E-state index in [1.807, 2.05) is 0 Å². The molecule has 3 atom stereocenters. The minimum Gasteiger partial charge on any atom is -0.480 e. The van der Waals surface area contributed by atoms with E-state index >= 15 is 0 Å². The van der Waals surface area contributed by atoms with Crippen molar-refractivity contribution in [1.29, 1.82) is 0 Å². The summed E-state index contributed by atoms with van der Waals surface area (Å²) in [5.74, 6) is -0.149. The molecule has 0 aromatic rings. The smallest absolute Gasteiger partial charge is 0.320 e. The molecule has 2 unspecified atom stereocenters. The highest BCUT2D eigenvalue weighted by atomic mass is 127. The molecule has 0 saturated carbocycles. The number of aliphatic carboxylic acids is 1. The van der Waals surface area contributed by atoms with Gasteiger partial charge in [0.25, 0.3) is 0 Å². The number of rotatable bonds is 1. The zero-order valence-electron chi connectivity index (χ0n) is 10.1. The first-order chi connectivity index (χ1) is 8.65. The van der Waals surface area contributed by atoms with Crippen molar-refractivity contribution in [2.24, 2.45) is 5.92 Å². The quantitative estimate of drug-likeness (QED) is 0.556. The molecular formula is C13H17IN2O2. The molecule has 1 aliphatic carbocycles. The topological polar surface area (TPSA) is 52.6 Å². The molecule has 5 heteroatoms. The number of hydrogen-bond donors (Lipinski definition) is 2. The summed E-state index contributed by atoms with van der Waals surface area (Å²) in [7, 11) is 0. The van der Waals surface area contributed by atoms with Crippen molar-refractivity contribution in [3.05, 3.63) is 23.4 Å². The van der Waals surface area contributed by atoms with Gasteiger partial charge in [0, 0.05) is 12.2 Å². The Balaban J connectivity index is 1.88. The first-order valence-electron chi connectivity index (χ1n) is 6.47. The van der Waals surface area contributed by atoms with E-state index in [2.05, 4.69) is 43.6 Å². The second kappa shape index (κ2) is 4.85. The zero-order valence-corrected chi connectivity index (χ0v) is 12.3. The average Bonchev–Trinajstić information content (AvgIpc) is 2.58. The summed E-state index contributed by atoms with van der Waals surface area (Å²) in [6.07, 6.45) is 8.48. The van der Waals surface area contributed by atoms with Gasteiger partial charge in [0.05, 0.1) is 29.4 Å². The predicted octanol–water partition coefficient (Wildman–Crippen LogP) is 2.08. The molecule has 0 aromatic heterocycles. The molecule has 3 aliphatic rings. The molecule has 1 saturated heterocycles. The highest BCUT2D eigenvalue weighted by Gasteiger charge is 2.37. The lowest BCUT2D eigenvalue weighted by molar-refractivity contribution is -0.139. The minimum absolute atomic E-state index is 0.230. The highest BCUT2D eigenvalue weighted by molar-refractivity contribution is 14.1. The van der Waals surface area contributed by atoms with Crippen molar-refractivity contribution in [2.45, 2.75) is 37.8 Å². The van der Waals surface area contributed by atoms with Gasteiger partial charge in [-0.05, 0) is 36.3 Å². The van der Waals surface area contributed by atoms with Crippen LogP contribution in [0.15, 0.2) is 23.4 Å². The molecule has 2 aliphatic heterocycles. The Morgan fingerprint density at radius 1 is 1.50 bits per heavy atom. The van der Waals surface area contributed by atoms with Gasteiger partial charge in [0.1, 0.15) is 6.04 Å². The summed E-state index contributed by atoms with van der Waals surface area (Å²) >= 11 is 2.30. The number of carboxylic acid groups (broad SMARTS) is 1. The summed E-state index contributed by atoms with van der Waals surface area (Å²) in [5, 5.41) is 12.6. The molecule has 0 aromatic carbocycles. The van der Waals surface area contributed by atoms with Crippen molar-refractivity contribution >= 4 is 28.8 Å². The lowest BCUT2D eigenvalue weighted by Crippen LogP contribution is -2.46. The number of hydrogen-bond acceptors (Lipinski definition) is 3. The standard InChI is InChI=1S/C13H17IN2O2/c14-16-6-9-5-4-8-2-1-3-11(13(17)18)15-12(8)10(9)7-16/h5,7-8,11-12,15H,1-4,6H2,(H,17,18)/t8?,11-,12?/m0/s1. The molecule has 3 rings (SSSR count). The van der Waals surface area contributed by atoms with Crippen molar-refractivity contribution in [1.82, 2.24) is 8.43 Å². The van der Waals surface area contributed by atoms with Gasteiger partial charge < -0.3 is 8.22 Å². The highest BCUT2D eigenvalue weighted by Crippen LogP contribution is 2.38. The first kappa shape index (κ1) is 12.5. The Hall–Kier alpha value is -0.560. The van der Waals surface area contributed by atoms with Crippen LogP contribution in [-0.2, 0) is 4.79 Å². The predicted molar refractivity (Wildman–Crippen MR) is 77.2 cm³/mol. The van der Waals surface area contributed by atoms with Crippen LogP contribution in [0.3, 0.4) is 0 Å². The Bertz CT molecular complexity index is 433. The van der Waals surface area contributed by atoms with Crippen LogP contribution in [0.2, 0.25) is 0 Å². The van der Waals surface area contributed by atoms with Gasteiger partial charge in [-0.25, -0.2) is 0 Å².